The van der Waals surface area contributed by atoms with Gasteiger partial charge in [0, 0.05) is 5.57 Å². The van der Waals surface area contributed by atoms with Crippen molar-refractivity contribution in [2.24, 2.45) is 17.3 Å². The molecule has 0 aromatic rings. The number of hydrogen-bond donors (Lipinski definition) is 1. The third kappa shape index (κ3) is 3.98. The molecule has 2 aliphatic carbocycles. The Morgan fingerprint density at radius 2 is 1.86 bits per heavy atom. The van der Waals surface area contributed by atoms with Crippen molar-refractivity contribution in [3.63, 3.8) is 0 Å². The minimum absolute atomic E-state index is 0.250. The molecular formula is C20H30O2. The lowest BCUT2D eigenvalue weighted by Crippen LogP contribution is -2.11. The van der Waals surface area contributed by atoms with E-state index in [1.54, 1.807) is 0 Å². The molecule has 0 aromatic heterocycles. The maximum absolute atomic E-state index is 11.4. The normalized spacial score (nSPS) is 32.8. The van der Waals surface area contributed by atoms with Gasteiger partial charge in [-0.1, -0.05) is 43.2 Å². The number of aliphatic hydroxyl groups excluding tert-OH is 1. The van der Waals surface area contributed by atoms with E-state index in [1.807, 2.05) is 6.08 Å². The Hall–Kier alpha value is -1.15. The highest BCUT2D eigenvalue weighted by atomic mass is 16.3. The summed E-state index contributed by atoms with van der Waals surface area (Å²) in [5, 5.41) is 10.3. The van der Waals surface area contributed by atoms with Crippen molar-refractivity contribution in [1.82, 2.24) is 0 Å². The molecule has 2 heteroatoms. The molecule has 0 amide bonds. The summed E-state index contributed by atoms with van der Waals surface area (Å²) >= 11 is 0. The van der Waals surface area contributed by atoms with Crippen molar-refractivity contribution in [2.45, 2.75) is 65.9 Å². The van der Waals surface area contributed by atoms with E-state index >= 15 is 0 Å². The molecule has 0 saturated heterocycles. The van der Waals surface area contributed by atoms with Crippen LogP contribution in [0.4, 0.5) is 0 Å². The number of allylic oxidation sites excluding steroid dienone is 4. The van der Waals surface area contributed by atoms with E-state index < -0.39 is 6.10 Å². The average Bonchev–Trinajstić information content (AvgIpc) is 2.99. The third-order valence-electron chi connectivity index (χ3n) is 5.60. The van der Waals surface area contributed by atoms with Gasteiger partial charge in [0.2, 0.25) is 0 Å². The van der Waals surface area contributed by atoms with E-state index in [0.29, 0.717) is 23.8 Å². The first-order chi connectivity index (χ1) is 10.4. The highest BCUT2D eigenvalue weighted by Crippen LogP contribution is 2.61. The summed E-state index contributed by atoms with van der Waals surface area (Å²) in [6.45, 7) is 8.88. The van der Waals surface area contributed by atoms with Gasteiger partial charge in [-0.25, -0.2) is 0 Å². The van der Waals surface area contributed by atoms with Crippen LogP contribution in [0.1, 0.15) is 59.8 Å². The fourth-order valence-electron chi connectivity index (χ4n) is 3.69. The summed E-state index contributed by atoms with van der Waals surface area (Å²) < 4.78 is 0. The lowest BCUT2D eigenvalue weighted by atomic mass is 10.0. The van der Waals surface area contributed by atoms with Gasteiger partial charge in [-0.15, -0.1) is 0 Å². The molecule has 1 fully saturated rings. The number of rotatable bonds is 1. The molecule has 2 rings (SSSR count). The third-order valence-corrected chi connectivity index (χ3v) is 5.60. The van der Waals surface area contributed by atoms with Crippen molar-refractivity contribution in [3.8, 4) is 0 Å². The predicted molar refractivity (Wildman–Crippen MR) is 91.5 cm³/mol. The summed E-state index contributed by atoms with van der Waals surface area (Å²) in [5.74, 6) is 1.04. The van der Waals surface area contributed by atoms with E-state index in [-0.39, 0.29) is 5.41 Å². The van der Waals surface area contributed by atoms with Crippen molar-refractivity contribution in [1.29, 1.82) is 0 Å². The van der Waals surface area contributed by atoms with Crippen LogP contribution in [0.15, 0.2) is 34.9 Å². The quantitative estimate of drug-likeness (QED) is 0.567. The summed E-state index contributed by atoms with van der Waals surface area (Å²) in [6, 6.07) is 0. The van der Waals surface area contributed by atoms with E-state index in [1.165, 1.54) is 17.6 Å². The molecule has 0 bridgehead atoms. The number of aldehydes is 1. The minimum atomic E-state index is -0.662. The Morgan fingerprint density at radius 1 is 1.18 bits per heavy atom. The van der Waals surface area contributed by atoms with Crippen LogP contribution in [0.25, 0.3) is 0 Å². The SMILES string of the molecule is CC1=CCC(O)C(C=O)=CC2C(CCC(C)=CCC1)C2(C)C. The van der Waals surface area contributed by atoms with Gasteiger partial charge in [-0.2, -0.15) is 0 Å². The molecule has 3 unspecified atom stereocenters. The van der Waals surface area contributed by atoms with E-state index in [4.69, 9.17) is 0 Å². The zero-order chi connectivity index (χ0) is 16.3. The molecule has 0 aromatic carbocycles. The second kappa shape index (κ2) is 6.95. The molecule has 0 aliphatic heterocycles. The van der Waals surface area contributed by atoms with Crippen LogP contribution in [0.3, 0.4) is 0 Å². The fraction of sp³-hybridized carbons (Fsp3) is 0.650. The van der Waals surface area contributed by atoms with Crippen LogP contribution in [-0.4, -0.2) is 17.5 Å². The Labute approximate surface area is 135 Å². The first kappa shape index (κ1) is 17.2. The molecule has 0 heterocycles. The summed E-state index contributed by atoms with van der Waals surface area (Å²) in [5.41, 5.74) is 3.58. The van der Waals surface area contributed by atoms with Crippen molar-refractivity contribution in [2.75, 3.05) is 0 Å². The van der Waals surface area contributed by atoms with E-state index in [9.17, 15) is 9.90 Å². The summed E-state index contributed by atoms with van der Waals surface area (Å²) in [4.78, 5) is 11.4. The number of aliphatic hydroxyl groups is 1. The van der Waals surface area contributed by atoms with Crippen LogP contribution in [0.2, 0.25) is 0 Å². The Morgan fingerprint density at radius 3 is 2.55 bits per heavy atom. The standard InChI is InChI=1S/C20H30O2/c1-14-6-5-7-15(2)9-11-19(22)16(13-21)12-18-17(10-8-14)20(18,3)4/h6,9,12-13,17-19,22H,5,7-8,10-11H2,1-4H3. The van der Waals surface area contributed by atoms with Crippen LogP contribution >= 0.6 is 0 Å². The summed E-state index contributed by atoms with van der Waals surface area (Å²) in [7, 11) is 0. The molecule has 3 atom stereocenters. The molecule has 0 spiro atoms. The van der Waals surface area contributed by atoms with Crippen molar-refractivity contribution in [3.05, 3.63) is 34.9 Å². The van der Waals surface area contributed by atoms with Gasteiger partial charge in [-0.05, 0) is 63.2 Å². The van der Waals surface area contributed by atoms with E-state index in [0.717, 1.165) is 25.5 Å². The Balaban J connectivity index is 2.22. The van der Waals surface area contributed by atoms with Crippen LogP contribution < -0.4 is 0 Å². The van der Waals surface area contributed by atoms with Gasteiger partial charge in [0.1, 0.15) is 6.29 Å². The van der Waals surface area contributed by atoms with Crippen LogP contribution in [0.5, 0.6) is 0 Å². The molecule has 122 valence electrons. The van der Waals surface area contributed by atoms with Crippen molar-refractivity contribution < 1.29 is 9.90 Å². The topological polar surface area (TPSA) is 37.3 Å². The van der Waals surface area contributed by atoms with Crippen LogP contribution in [-0.2, 0) is 4.79 Å². The highest BCUT2D eigenvalue weighted by Gasteiger charge is 2.55. The molecule has 2 nitrogen and oxygen atoms in total. The molecule has 0 radical (unpaired) electrons. The number of fused-ring (bicyclic) bond motifs is 1. The lowest BCUT2D eigenvalue weighted by molar-refractivity contribution is -0.105. The lowest BCUT2D eigenvalue weighted by Gasteiger charge is -2.10. The Kier molecular flexibility index (Phi) is 5.44. The first-order valence-electron chi connectivity index (χ1n) is 8.52. The average molecular weight is 302 g/mol. The molecule has 2 aliphatic rings. The van der Waals surface area contributed by atoms with Gasteiger partial charge in [0.15, 0.2) is 0 Å². The Bertz CT molecular complexity index is 508. The smallest absolute Gasteiger partial charge is 0.148 e. The predicted octanol–water partition coefficient (Wildman–Crippen LogP) is 4.60. The fourth-order valence-corrected chi connectivity index (χ4v) is 3.69. The maximum Gasteiger partial charge on any atom is 0.148 e. The zero-order valence-electron chi connectivity index (χ0n) is 14.4. The minimum Gasteiger partial charge on any atom is -0.388 e. The molecular weight excluding hydrogens is 272 g/mol. The van der Waals surface area contributed by atoms with Gasteiger partial charge in [0.25, 0.3) is 0 Å². The number of carbonyl (C=O) groups excluding carboxylic acids is 1. The second-order valence-electron chi connectivity index (χ2n) is 7.67. The van der Waals surface area contributed by atoms with Gasteiger partial charge in [-0.3, -0.25) is 4.79 Å². The van der Waals surface area contributed by atoms with Gasteiger partial charge in [0.05, 0.1) is 6.10 Å². The second-order valence-corrected chi connectivity index (χ2v) is 7.67. The summed E-state index contributed by atoms with van der Waals surface area (Å²) in [6.07, 6.45) is 11.6. The van der Waals surface area contributed by atoms with E-state index in [2.05, 4.69) is 39.8 Å². The zero-order valence-corrected chi connectivity index (χ0v) is 14.4. The number of hydrogen-bond acceptors (Lipinski definition) is 2. The maximum atomic E-state index is 11.4. The largest absolute Gasteiger partial charge is 0.388 e. The monoisotopic (exact) mass is 302 g/mol. The first-order valence-corrected chi connectivity index (χ1v) is 8.52. The van der Waals surface area contributed by atoms with Crippen molar-refractivity contribution >= 4 is 6.29 Å². The highest BCUT2D eigenvalue weighted by molar-refractivity contribution is 5.75. The molecule has 1 saturated carbocycles. The van der Waals surface area contributed by atoms with Gasteiger partial charge < -0.3 is 5.11 Å². The molecule has 22 heavy (non-hydrogen) atoms. The molecule has 1 N–H and O–H groups in total. The number of carbonyl (C=O) groups is 1. The van der Waals surface area contributed by atoms with Gasteiger partial charge >= 0.3 is 0 Å². The van der Waals surface area contributed by atoms with Crippen LogP contribution in [0, 0.1) is 17.3 Å².